The molecule has 1 aromatic heterocycles. The van der Waals surface area contributed by atoms with Crippen LogP contribution in [-0.4, -0.2) is 11.0 Å². The third-order valence-electron chi connectivity index (χ3n) is 4.22. The molecule has 0 fully saturated rings. The molecule has 0 aliphatic carbocycles. The standard InChI is InChI=1S/C19H15ClFNO4/c1-9-12-4-6-16(23)10(2)18(12)26-19(25)13(9)8-17(24)22-11-3-5-15(21)14(20)7-11/h3-7,23H,8H2,1-2H3,(H,22,24). The van der Waals surface area contributed by atoms with E-state index in [9.17, 15) is 19.1 Å². The Morgan fingerprint density at radius 3 is 2.65 bits per heavy atom. The lowest BCUT2D eigenvalue weighted by molar-refractivity contribution is -0.115. The van der Waals surface area contributed by atoms with E-state index in [-0.39, 0.29) is 22.8 Å². The summed E-state index contributed by atoms with van der Waals surface area (Å²) >= 11 is 5.69. The average Bonchev–Trinajstić information content (AvgIpc) is 2.58. The van der Waals surface area contributed by atoms with Crippen molar-refractivity contribution < 1.29 is 18.7 Å². The predicted molar refractivity (Wildman–Crippen MR) is 97.4 cm³/mol. The first-order valence-corrected chi connectivity index (χ1v) is 8.15. The number of halogens is 2. The van der Waals surface area contributed by atoms with Gasteiger partial charge in [-0.25, -0.2) is 9.18 Å². The average molecular weight is 376 g/mol. The van der Waals surface area contributed by atoms with Crippen molar-refractivity contribution >= 4 is 34.2 Å². The van der Waals surface area contributed by atoms with Crippen LogP contribution < -0.4 is 10.9 Å². The second kappa shape index (κ2) is 6.80. The fraction of sp³-hybridized carbons (Fsp3) is 0.158. The largest absolute Gasteiger partial charge is 0.508 e. The number of carbonyl (C=O) groups excluding carboxylic acids is 1. The van der Waals surface area contributed by atoms with Gasteiger partial charge in [-0.15, -0.1) is 0 Å². The zero-order valence-corrected chi connectivity index (χ0v) is 14.8. The maximum Gasteiger partial charge on any atom is 0.340 e. The zero-order chi connectivity index (χ0) is 19.0. The number of phenolic OH excluding ortho intramolecular Hbond substituents is 1. The number of anilines is 1. The van der Waals surface area contributed by atoms with Gasteiger partial charge in [0.25, 0.3) is 0 Å². The van der Waals surface area contributed by atoms with Crippen molar-refractivity contribution in [2.45, 2.75) is 20.3 Å². The Morgan fingerprint density at radius 2 is 1.96 bits per heavy atom. The van der Waals surface area contributed by atoms with Crippen LogP contribution in [0.25, 0.3) is 11.0 Å². The van der Waals surface area contributed by atoms with Crippen LogP contribution in [0, 0.1) is 19.7 Å². The van der Waals surface area contributed by atoms with E-state index in [2.05, 4.69) is 5.32 Å². The van der Waals surface area contributed by atoms with Gasteiger partial charge in [-0.3, -0.25) is 4.79 Å². The van der Waals surface area contributed by atoms with Crippen LogP contribution in [-0.2, 0) is 11.2 Å². The number of carbonyl (C=O) groups is 1. The van der Waals surface area contributed by atoms with E-state index in [1.54, 1.807) is 19.9 Å². The third-order valence-corrected chi connectivity index (χ3v) is 4.51. The normalized spacial score (nSPS) is 10.9. The maximum absolute atomic E-state index is 13.2. The van der Waals surface area contributed by atoms with Crippen molar-refractivity contribution in [3.8, 4) is 5.75 Å². The van der Waals surface area contributed by atoms with Crippen molar-refractivity contribution in [1.29, 1.82) is 0 Å². The third kappa shape index (κ3) is 3.28. The van der Waals surface area contributed by atoms with E-state index in [1.165, 1.54) is 18.2 Å². The molecule has 2 aromatic carbocycles. The molecule has 0 saturated carbocycles. The van der Waals surface area contributed by atoms with Gasteiger partial charge < -0.3 is 14.8 Å². The molecule has 1 heterocycles. The number of hydrogen-bond donors (Lipinski definition) is 2. The lowest BCUT2D eigenvalue weighted by atomic mass is 10.0. The van der Waals surface area contributed by atoms with Gasteiger partial charge in [-0.1, -0.05) is 11.6 Å². The minimum Gasteiger partial charge on any atom is -0.508 e. The lowest BCUT2D eigenvalue weighted by Gasteiger charge is -2.10. The molecule has 0 unspecified atom stereocenters. The summed E-state index contributed by atoms with van der Waals surface area (Å²) in [7, 11) is 0. The second-order valence-corrected chi connectivity index (χ2v) is 6.34. The van der Waals surface area contributed by atoms with Gasteiger partial charge in [0.1, 0.15) is 17.1 Å². The van der Waals surface area contributed by atoms with Gasteiger partial charge >= 0.3 is 5.63 Å². The Kier molecular flexibility index (Phi) is 4.70. The van der Waals surface area contributed by atoms with Crippen molar-refractivity contribution in [3.05, 3.63) is 68.3 Å². The van der Waals surface area contributed by atoms with Crippen molar-refractivity contribution in [3.63, 3.8) is 0 Å². The molecule has 0 atom stereocenters. The molecule has 5 nitrogen and oxygen atoms in total. The first-order valence-electron chi connectivity index (χ1n) is 7.77. The molecule has 7 heteroatoms. The molecule has 0 aliphatic rings. The van der Waals surface area contributed by atoms with Gasteiger partial charge in [0.15, 0.2) is 0 Å². The number of phenols is 1. The topological polar surface area (TPSA) is 79.5 Å². The molecule has 26 heavy (non-hydrogen) atoms. The summed E-state index contributed by atoms with van der Waals surface area (Å²) in [6, 6.07) is 6.95. The van der Waals surface area contributed by atoms with Crippen LogP contribution >= 0.6 is 11.6 Å². The summed E-state index contributed by atoms with van der Waals surface area (Å²) in [4.78, 5) is 24.6. The molecule has 0 bridgehead atoms. The molecule has 3 rings (SSSR count). The summed E-state index contributed by atoms with van der Waals surface area (Å²) in [5.74, 6) is -1.02. The molecular weight excluding hydrogens is 361 g/mol. The lowest BCUT2D eigenvalue weighted by Crippen LogP contribution is -2.20. The molecule has 0 saturated heterocycles. The quantitative estimate of drug-likeness (QED) is 0.676. The SMILES string of the molecule is Cc1c(CC(=O)Nc2ccc(F)c(Cl)c2)c(=O)oc2c(C)c(O)ccc12. The van der Waals surface area contributed by atoms with Crippen molar-refractivity contribution in [2.24, 2.45) is 0 Å². The van der Waals surface area contributed by atoms with Crippen LogP contribution in [0.5, 0.6) is 5.75 Å². The Morgan fingerprint density at radius 1 is 1.23 bits per heavy atom. The number of fused-ring (bicyclic) bond motifs is 1. The molecule has 1 amide bonds. The van der Waals surface area contributed by atoms with E-state index in [4.69, 9.17) is 16.0 Å². The summed E-state index contributed by atoms with van der Waals surface area (Å²) < 4.78 is 18.5. The molecule has 0 spiro atoms. The van der Waals surface area contributed by atoms with Crippen LogP contribution in [0.3, 0.4) is 0 Å². The second-order valence-electron chi connectivity index (χ2n) is 5.93. The van der Waals surface area contributed by atoms with Gasteiger partial charge in [-0.05, 0) is 49.7 Å². The zero-order valence-electron chi connectivity index (χ0n) is 14.0. The summed E-state index contributed by atoms with van der Waals surface area (Å²) in [6.45, 7) is 3.36. The van der Waals surface area contributed by atoms with Crippen LogP contribution in [0.4, 0.5) is 10.1 Å². The van der Waals surface area contributed by atoms with E-state index in [0.717, 1.165) is 6.07 Å². The molecule has 3 aromatic rings. The molecule has 0 aliphatic heterocycles. The highest BCUT2D eigenvalue weighted by Gasteiger charge is 2.17. The minimum absolute atomic E-state index is 0.0266. The number of rotatable bonds is 3. The number of amides is 1. The van der Waals surface area contributed by atoms with Gasteiger partial charge in [0.2, 0.25) is 5.91 Å². The van der Waals surface area contributed by atoms with Crippen LogP contribution in [0.15, 0.2) is 39.5 Å². The number of benzene rings is 2. The number of aryl methyl sites for hydroxylation is 2. The first kappa shape index (κ1) is 17.9. The maximum atomic E-state index is 13.2. The highest BCUT2D eigenvalue weighted by atomic mass is 35.5. The smallest absolute Gasteiger partial charge is 0.340 e. The van der Waals surface area contributed by atoms with E-state index in [0.29, 0.717) is 27.8 Å². The fourth-order valence-corrected chi connectivity index (χ4v) is 2.90. The van der Waals surface area contributed by atoms with Gasteiger partial charge in [-0.2, -0.15) is 0 Å². The van der Waals surface area contributed by atoms with Crippen LogP contribution in [0.2, 0.25) is 5.02 Å². The number of aromatic hydroxyl groups is 1. The highest BCUT2D eigenvalue weighted by Crippen LogP contribution is 2.28. The van der Waals surface area contributed by atoms with E-state index >= 15 is 0 Å². The number of nitrogens with one attached hydrogen (secondary N) is 1. The number of hydrogen-bond acceptors (Lipinski definition) is 4. The van der Waals surface area contributed by atoms with Gasteiger partial charge in [0, 0.05) is 16.6 Å². The molecular formula is C19H15ClFNO4. The van der Waals surface area contributed by atoms with Gasteiger partial charge in [0.05, 0.1) is 17.0 Å². The Bertz CT molecular complexity index is 1090. The highest BCUT2D eigenvalue weighted by molar-refractivity contribution is 6.31. The Labute approximate surface area is 153 Å². The van der Waals surface area contributed by atoms with Crippen LogP contribution in [0.1, 0.15) is 16.7 Å². The van der Waals surface area contributed by atoms with Crippen molar-refractivity contribution in [2.75, 3.05) is 5.32 Å². The predicted octanol–water partition coefficient (Wildman–Crippen LogP) is 4.09. The minimum atomic E-state index is -0.643. The van der Waals surface area contributed by atoms with E-state index in [1.807, 2.05) is 0 Å². The fourth-order valence-electron chi connectivity index (χ4n) is 2.72. The van der Waals surface area contributed by atoms with Crippen molar-refractivity contribution in [1.82, 2.24) is 0 Å². The summed E-state index contributed by atoms with van der Waals surface area (Å²) in [6.07, 6.45) is -0.209. The summed E-state index contributed by atoms with van der Waals surface area (Å²) in [5, 5.41) is 12.9. The monoisotopic (exact) mass is 375 g/mol. The Balaban J connectivity index is 1.93. The molecule has 0 radical (unpaired) electrons. The Hall–Kier alpha value is -2.86. The first-order chi connectivity index (χ1) is 12.3. The molecule has 134 valence electrons. The van der Waals surface area contributed by atoms with E-state index < -0.39 is 17.3 Å². The molecule has 2 N–H and O–H groups in total. The summed E-state index contributed by atoms with van der Waals surface area (Å²) in [5.41, 5.74) is 1.25.